The van der Waals surface area contributed by atoms with Crippen LogP contribution in [0.25, 0.3) is 0 Å². The van der Waals surface area contributed by atoms with Crippen LogP contribution in [0.4, 0.5) is 13.2 Å². The normalized spacial score (nSPS) is 21.6. The molecule has 1 heterocycles. The average Bonchev–Trinajstić information content (AvgIpc) is 3.18. The maximum absolute atomic E-state index is 12.4. The summed E-state index contributed by atoms with van der Waals surface area (Å²) in [5, 5.41) is 0. The van der Waals surface area contributed by atoms with E-state index in [4.69, 9.17) is 9.47 Å². The fourth-order valence-corrected chi connectivity index (χ4v) is 1.81. The minimum Gasteiger partial charge on any atom is -0.464 e. The molecule has 0 saturated carbocycles. The van der Waals surface area contributed by atoms with Crippen LogP contribution < -0.4 is 0 Å². The summed E-state index contributed by atoms with van der Waals surface area (Å²) in [5.41, 5.74) is -0.167. The molecular weight excluding hydrogens is 273 g/mol. The zero-order valence-corrected chi connectivity index (χ0v) is 10.9. The Hall–Kier alpha value is -1.56. The van der Waals surface area contributed by atoms with Gasteiger partial charge in [0.1, 0.15) is 6.10 Å². The largest absolute Gasteiger partial charge is 0.464 e. The molecule has 0 aromatic heterocycles. The van der Waals surface area contributed by atoms with Gasteiger partial charge in [0.05, 0.1) is 12.2 Å². The fraction of sp³-hybridized carbons (Fsp3) is 0.500. The first-order valence-corrected chi connectivity index (χ1v) is 6.42. The van der Waals surface area contributed by atoms with E-state index in [-0.39, 0.29) is 0 Å². The molecule has 0 radical (unpaired) electrons. The second-order valence-corrected chi connectivity index (χ2v) is 4.62. The number of unbranched alkanes of at least 4 members (excludes halogenated alkanes) is 1. The molecule has 0 amide bonds. The minimum absolute atomic E-state index is 0.342. The van der Waals surface area contributed by atoms with Crippen LogP contribution in [0.5, 0.6) is 0 Å². The van der Waals surface area contributed by atoms with Crippen LogP contribution in [-0.2, 0) is 20.4 Å². The molecule has 1 aromatic rings. The Balaban J connectivity index is 1.90. The molecule has 1 fully saturated rings. The number of benzene rings is 1. The highest BCUT2D eigenvalue weighted by atomic mass is 19.4. The summed E-state index contributed by atoms with van der Waals surface area (Å²) in [6.45, 7) is 2.32. The molecule has 1 aliphatic rings. The molecule has 6 heteroatoms. The standard InChI is InChI=1S/C14H15F3O3/c1-2-3-8-19-13(18)12-11(20-12)9-4-6-10(7-5-9)14(15,16)17/h4-7,11-12H,2-3,8H2,1H3/t11-,12+/m1/s1. The van der Waals surface area contributed by atoms with Gasteiger partial charge in [-0.25, -0.2) is 4.79 Å². The molecule has 1 aromatic carbocycles. The van der Waals surface area contributed by atoms with Crippen LogP contribution in [0, 0.1) is 0 Å². The Morgan fingerprint density at radius 3 is 2.50 bits per heavy atom. The van der Waals surface area contributed by atoms with E-state index in [0.717, 1.165) is 25.0 Å². The number of ether oxygens (including phenoxy) is 2. The van der Waals surface area contributed by atoms with Crippen molar-refractivity contribution in [3.63, 3.8) is 0 Å². The summed E-state index contributed by atoms with van der Waals surface area (Å²) < 4.78 is 47.4. The molecular formula is C14H15F3O3. The number of carbonyl (C=O) groups is 1. The van der Waals surface area contributed by atoms with Crippen molar-refractivity contribution in [3.05, 3.63) is 35.4 Å². The molecule has 1 aliphatic heterocycles. The SMILES string of the molecule is CCCCOC(=O)[C@H]1O[C@@H]1c1ccc(C(F)(F)F)cc1. The van der Waals surface area contributed by atoms with Gasteiger partial charge in [0.25, 0.3) is 0 Å². The van der Waals surface area contributed by atoms with Crippen LogP contribution >= 0.6 is 0 Å². The Kier molecular flexibility index (Phi) is 4.32. The molecule has 0 aliphatic carbocycles. The van der Waals surface area contributed by atoms with E-state index in [1.54, 1.807) is 0 Å². The lowest BCUT2D eigenvalue weighted by Crippen LogP contribution is -2.13. The third-order valence-corrected chi connectivity index (χ3v) is 3.03. The van der Waals surface area contributed by atoms with Crippen molar-refractivity contribution in [1.82, 2.24) is 0 Å². The Bertz CT molecular complexity index is 468. The highest BCUT2D eigenvalue weighted by Crippen LogP contribution is 2.40. The number of halogens is 3. The molecule has 0 N–H and O–H groups in total. The zero-order valence-electron chi connectivity index (χ0n) is 10.9. The van der Waals surface area contributed by atoms with Crippen molar-refractivity contribution in [2.24, 2.45) is 0 Å². The van der Waals surface area contributed by atoms with Gasteiger partial charge in [-0.15, -0.1) is 0 Å². The third kappa shape index (κ3) is 3.50. The van der Waals surface area contributed by atoms with Gasteiger partial charge in [-0.1, -0.05) is 25.5 Å². The summed E-state index contributed by atoms with van der Waals surface area (Å²) in [7, 11) is 0. The predicted molar refractivity (Wildman–Crippen MR) is 64.9 cm³/mol. The van der Waals surface area contributed by atoms with Crippen LogP contribution in [0.15, 0.2) is 24.3 Å². The molecule has 2 atom stereocenters. The minimum atomic E-state index is -4.36. The Morgan fingerprint density at radius 2 is 1.95 bits per heavy atom. The summed E-state index contributed by atoms with van der Waals surface area (Å²) in [4.78, 5) is 11.6. The number of rotatable bonds is 5. The predicted octanol–water partition coefficient (Wildman–Crippen LogP) is 3.49. The highest BCUT2D eigenvalue weighted by molar-refractivity contribution is 5.78. The fourth-order valence-electron chi connectivity index (χ4n) is 1.81. The van der Waals surface area contributed by atoms with Gasteiger partial charge in [0, 0.05) is 0 Å². The summed E-state index contributed by atoms with van der Waals surface area (Å²) >= 11 is 0. The van der Waals surface area contributed by atoms with Crippen molar-refractivity contribution in [1.29, 1.82) is 0 Å². The maximum atomic E-state index is 12.4. The van der Waals surface area contributed by atoms with E-state index in [0.29, 0.717) is 12.2 Å². The molecule has 110 valence electrons. The summed E-state index contributed by atoms with van der Waals surface area (Å²) in [6, 6.07) is 4.62. The van der Waals surface area contributed by atoms with Crippen LogP contribution in [-0.4, -0.2) is 18.7 Å². The van der Waals surface area contributed by atoms with E-state index in [1.165, 1.54) is 12.1 Å². The van der Waals surface area contributed by atoms with E-state index >= 15 is 0 Å². The van der Waals surface area contributed by atoms with E-state index in [1.807, 2.05) is 6.92 Å². The Labute approximate surface area is 114 Å². The lowest BCUT2D eigenvalue weighted by Gasteiger charge is -2.06. The van der Waals surface area contributed by atoms with E-state index < -0.39 is 29.9 Å². The average molecular weight is 288 g/mol. The summed E-state index contributed by atoms with van der Waals surface area (Å²) in [6.07, 6.45) is -3.85. The number of hydrogen-bond acceptors (Lipinski definition) is 3. The van der Waals surface area contributed by atoms with Crippen LogP contribution in [0.1, 0.15) is 37.0 Å². The second kappa shape index (κ2) is 5.83. The van der Waals surface area contributed by atoms with Gasteiger partial charge in [-0.05, 0) is 24.1 Å². The number of esters is 1. The smallest absolute Gasteiger partial charge is 0.416 e. The monoisotopic (exact) mass is 288 g/mol. The lowest BCUT2D eigenvalue weighted by molar-refractivity contribution is -0.145. The van der Waals surface area contributed by atoms with Gasteiger partial charge in [-0.3, -0.25) is 0 Å². The number of hydrogen-bond donors (Lipinski definition) is 0. The molecule has 3 nitrogen and oxygen atoms in total. The van der Waals surface area contributed by atoms with Crippen molar-refractivity contribution < 1.29 is 27.4 Å². The quantitative estimate of drug-likeness (QED) is 0.473. The van der Waals surface area contributed by atoms with E-state index in [2.05, 4.69) is 0 Å². The van der Waals surface area contributed by atoms with Crippen molar-refractivity contribution >= 4 is 5.97 Å². The van der Waals surface area contributed by atoms with Crippen molar-refractivity contribution in [2.75, 3.05) is 6.61 Å². The molecule has 0 spiro atoms. The van der Waals surface area contributed by atoms with Gasteiger partial charge in [0.2, 0.25) is 0 Å². The molecule has 0 bridgehead atoms. The Morgan fingerprint density at radius 1 is 1.30 bits per heavy atom. The first-order valence-electron chi connectivity index (χ1n) is 6.42. The van der Waals surface area contributed by atoms with Crippen LogP contribution in [0.3, 0.4) is 0 Å². The van der Waals surface area contributed by atoms with Gasteiger partial charge < -0.3 is 9.47 Å². The first kappa shape index (κ1) is 14.8. The maximum Gasteiger partial charge on any atom is 0.416 e. The van der Waals surface area contributed by atoms with Crippen molar-refractivity contribution in [3.8, 4) is 0 Å². The molecule has 2 rings (SSSR count). The van der Waals surface area contributed by atoms with Crippen LogP contribution in [0.2, 0.25) is 0 Å². The molecule has 1 saturated heterocycles. The lowest BCUT2D eigenvalue weighted by atomic mass is 10.1. The highest BCUT2D eigenvalue weighted by Gasteiger charge is 2.47. The second-order valence-electron chi connectivity index (χ2n) is 4.62. The third-order valence-electron chi connectivity index (χ3n) is 3.03. The number of carbonyl (C=O) groups excluding carboxylic acids is 1. The topological polar surface area (TPSA) is 38.8 Å². The van der Waals surface area contributed by atoms with Gasteiger partial charge in [-0.2, -0.15) is 13.2 Å². The summed E-state index contributed by atoms with van der Waals surface area (Å²) in [5.74, 6) is -0.455. The first-order chi connectivity index (χ1) is 9.43. The molecule has 20 heavy (non-hydrogen) atoms. The van der Waals surface area contributed by atoms with Gasteiger partial charge in [0.15, 0.2) is 6.10 Å². The van der Waals surface area contributed by atoms with Gasteiger partial charge >= 0.3 is 12.1 Å². The molecule has 0 unspecified atom stereocenters. The zero-order chi connectivity index (χ0) is 14.8. The number of alkyl halides is 3. The van der Waals surface area contributed by atoms with Crippen molar-refractivity contribution in [2.45, 2.75) is 38.1 Å². The van der Waals surface area contributed by atoms with E-state index in [9.17, 15) is 18.0 Å². The number of epoxide rings is 1.